The van der Waals surface area contributed by atoms with E-state index in [9.17, 15) is 4.79 Å². The summed E-state index contributed by atoms with van der Waals surface area (Å²) in [5.74, 6) is 0.137. The van der Waals surface area contributed by atoms with Crippen molar-refractivity contribution in [3.63, 3.8) is 0 Å². The van der Waals surface area contributed by atoms with Crippen LogP contribution in [0.3, 0.4) is 0 Å². The van der Waals surface area contributed by atoms with Gasteiger partial charge in [0.15, 0.2) is 0 Å². The summed E-state index contributed by atoms with van der Waals surface area (Å²) in [4.78, 5) is 16.3. The van der Waals surface area contributed by atoms with Crippen LogP contribution in [-0.2, 0) is 0 Å². The first-order valence-electron chi connectivity index (χ1n) is 5.62. The molecule has 20 heavy (non-hydrogen) atoms. The minimum Gasteiger partial charge on any atom is -0.373 e. The van der Waals surface area contributed by atoms with E-state index in [2.05, 4.69) is 31.5 Å². The number of nitrogens with one attached hydrogen (secondary N) is 2. The Morgan fingerprint density at radius 2 is 1.95 bits per heavy atom. The van der Waals surface area contributed by atoms with Crippen molar-refractivity contribution in [1.82, 2.24) is 4.98 Å². The van der Waals surface area contributed by atoms with Gasteiger partial charge in [-0.3, -0.25) is 4.79 Å². The van der Waals surface area contributed by atoms with Gasteiger partial charge in [-0.2, -0.15) is 0 Å². The normalized spacial score (nSPS) is 10.2. The highest BCUT2D eigenvalue weighted by Crippen LogP contribution is 2.26. The molecule has 2 N–H and O–H groups in total. The minimum atomic E-state index is -0.420. The SMILES string of the molecule is CNc1ccc(Cl)c(C(=O)Nc2ccc(Br)cc2Cl)n1. The number of hydrogen-bond donors (Lipinski definition) is 2. The van der Waals surface area contributed by atoms with Crippen molar-refractivity contribution in [3.05, 3.63) is 50.5 Å². The van der Waals surface area contributed by atoms with Crippen LogP contribution >= 0.6 is 39.1 Å². The number of halogens is 3. The van der Waals surface area contributed by atoms with E-state index in [0.29, 0.717) is 16.5 Å². The molecule has 1 heterocycles. The predicted octanol–water partition coefficient (Wildman–Crippen LogP) is 4.44. The Bertz CT molecular complexity index is 664. The van der Waals surface area contributed by atoms with Gasteiger partial charge >= 0.3 is 0 Å². The number of rotatable bonds is 3. The molecule has 0 bridgehead atoms. The van der Waals surface area contributed by atoms with Gasteiger partial charge in [0, 0.05) is 11.5 Å². The summed E-state index contributed by atoms with van der Waals surface area (Å²) in [6.07, 6.45) is 0. The molecule has 0 atom stereocenters. The Balaban J connectivity index is 2.28. The number of amides is 1. The van der Waals surface area contributed by atoms with E-state index in [4.69, 9.17) is 23.2 Å². The average molecular weight is 375 g/mol. The maximum atomic E-state index is 12.2. The number of hydrogen-bond acceptors (Lipinski definition) is 3. The molecule has 1 amide bonds. The lowest BCUT2D eigenvalue weighted by molar-refractivity contribution is 0.102. The van der Waals surface area contributed by atoms with E-state index in [-0.39, 0.29) is 10.7 Å². The summed E-state index contributed by atoms with van der Waals surface area (Å²) in [6.45, 7) is 0. The third-order valence-corrected chi connectivity index (χ3v) is 3.61. The molecular weight excluding hydrogens is 365 g/mol. The number of anilines is 2. The Labute approximate surface area is 134 Å². The fourth-order valence-corrected chi connectivity index (χ4v) is 2.42. The molecule has 1 aromatic carbocycles. The predicted molar refractivity (Wildman–Crippen MR) is 85.9 cm³/mol. The zero-order chi connectivity index (χ0) is 14.7. The van der Waals surface area contributed by atoms with E-state index >= 15 is 0 Å². The Kier molecular flexibility index (Phi) is 4.86. The first kappa shape index (κ1) is 15.1. The second-order valence-electron chi connectivity index (χ2n) is 3.86. The topological polar surface area (TPSA) is 54.0 Å². The van der Waals surface area contributed by atoms with Crippen LogP contribution in [0.2, 0.25) is 10.0 Å². The smallest absolute Gasteiger partial charge is 0.275 e. The van der Waals surface area contributed by atoms with Crippen molar-refractivity contribution in [2.75, 3.05) is 17.7 Å². The van der Waals surface area contributed by atoms with Crippen LogP contribution < -0.4 is 10.6 Å². The Morgan fingerprint density at radius 3 is 2.60 bits per heavy atom. The molecule has 2 aromatic rings. The van der Waals surface area contributed by atoms with Gasteiger partial charge in [0.2, 0.25) is 0 Å². The summed E-state index contributed by atoms with van der Waals surface area (Å²) in [6, 6.07) is 8.46. The van der Waals surface area contributed by atoms with E-state index in [1.54, 1.807) is 37.4 Å². The summed E-state index contributed by atoms with van der Waals surface area (Å²) in [7, 11) is 1.71. The van der Waals surface area contributed by atoms with Gasteiger partial charge in [-0.25, -0.2) is 4.98 Å². The van der Waals surface area contributed by atoms with Gasteiger partial charge in [-0.1, -0.05) is 39.1 Å². The standard InChI is InChI=1S/C13H10BrCl2N3O/c1-17-11-5-3-8(15)12(19-11)13(20)18-10-4-2-7(14)6-9(10)16/h2-6H,1H3,(H,17,19)(H,18,20). The summed E-state index contributed by atoms with van der Waals surface area (Å²) < 4.78 is 0.828. The maximum absolute atomic E-state index is 12.2. The molecule has 104 valence electrons. The lowest BCUT2D eigenvalue weighted by Gasteiger charge is -2.09. The van der Waals surface area contributed by atoms with E-state index in [0.717, 1.165) is 4.47 Å². The van der Waals surface area contributed by atoms with Crippen molar-refractivity contribution in [2.24, 2.45) is 0 Å². The van der Waals surface area contributed by atoms with Crippen LogP contribution in [0.25, 0.3) is 0 Å². The fourth-order valence-electron chi connectivity index (χ4n) is 1.51. The highest BCUT2D eigenvalue weighted by Gasteiger charge is 2.14. The molecule has 0 aliphatic heterocycles. The molecule has 0 aliphatic carbocycles. The lowest BCUT2D eigenvalue weighted by atomic mass is 10.3. The van der Waals surface area contributed by atoms with Gasteiger partial charge in [0.25, 0.3) is 5.91 Å². The van der Waals surface area contributed by atoms with Crippen LogP contribution in [0.5, 0.6) is 0 Å². The summed E-state index contributed by atoms with van der Waals surface area (Å²) in [5.41, 5.74) is 0.630. The van der Waals surface area contributed by atoms with Crippen LogP contribution in [0.1, 0.15) is 10.5 Å². The van der Waals surface area contributed by atoms with Crippen molar-refractivity contribution >= 4 is 56.5 Å². The van der Waals surface area contributed by atoms with Gasteiger partial charge in [-0.15, -0.1) is 0 Å². The molecule has 0 spiro atoms. The van der Waals surface area contributed by atoms with E-state index < -0.39 is 5.91 Å². The van der Waals surface area contributed by atoms with Crippen LogP contribution in [-0.4, -0.2) is 17.9 Å². The first-order chi connectivity index (χ1) is 9.51. The van der Waals surface area contributed by atoms with Crippen molar-refractivity contribution in [3.8, 4) is 0 Å². The van der Waals surface area contributed by atoms with Crippen molar-refractivity contribution in [2.45, 2.75) is 0 Å². The number of pyridine rings is 1. The third kappa shape index (κ3) is 3.42. The zero-order valence-electron chi connectivity index (χ0n) is 10.4. The van der Waals surface area contributed by atoms with Crippen molar-refractivity contribution in [1.29, 1.82) is 0 Å². The van der Waals surface area contributed by atoms with Gasteiger partial charge in [-0.05, 0) is 30.3 Å². The lowest BCUT2D eigenvalue weighted by Crippen LogP contribution is -2.15. The van der Waals surface area contributed by atoms with Crippen molar-refractivity contribution < 1.29 is 4.79 Å². The number of carbonyl (C=O) groups excluding carboxylic acids is 1. The molecule has 0 radical (unpaired) electrons. The average Bonchev–Trinajstić information content (AvgIpc) is 2.42. The summed E-state index contributed by atoms with van der Waals surface area (Å²) >= 11 is 15.3. The molecular formula is C13H10BrCl2N3O. The van der Waals surface area contributed by atoms with E-state index in [1.165, 1.54) is 0 Å². The number of carbonyl (C=O) groups is 1. The summed E-state index contributed by atoms with van der Waals surface area (Å²) in [5, 5.41) is 6.23. The highest BCUT2D eigenvalue weighted by atomic mass is 79.9. The molecule has 2 rings (SSSR count). The number of nitrogens with zero attached hydrogens (tertiary/aromatic N) is 1. The molecule has 1 aromatic heterocycles. The third-order valence-electron chi connectivity index (χ3n) is 2.50. The quantitative estimate of drug-likeness (QED) is 0.834. The molecule has 0 aliphatic rings. The molecule has 7 heteroatoms. The second-order valence-corrected chi connectivity index (χ2v) is 5.59. The Hall–Kier alpha value is -1.30. The fraction of sp³-hybridized carbons (Fsp3) is 0.0769. The minimum absolute atomic E-state index is 0.137. The second kappa shape index (κ2) is 6.43. The molecule has 0 saturated carbocycles. The molecule has 0 saturated heterocycles. The van der Waals surface area contributed by atoms with Crippen LogP contribution in [0.4, 0.5) is 11.5 Å². The monoisotopic (exact) mass is 373 g/mol. The van der Waals surface area contributed by atoms with E-state index in [1.807, 2.05) is 0 Å². The number of aromatic nitrogens is 1. The van der Waals surface area contributed by atoms with Gasteiger partial charge < -0.3 is 10.6 Å². The Morgan fingerprint density at radius 1 is 1.20 bits per heavy atom. The molecule has 0 fully saturated rings. The first-order valence-corrected chi connectivity index (χ1v) is 7.17. The zero-order valence-corrected chi connectivity index (χ0v) is 13.5. The van der Waals surface area contributed by atoms with Crippen LogP contribution in [0, 0.1) is 0 Å². The van der Waals surface area contributed by atoms with Gasteiger partial charge in [0.05, 0.1) is 15.7 Å². The van der Waals surface area contributed by atoms with Gasteiger partial charge in [0.1, 0.15) is 11.5 Å². The molecule has 0 unspecified atom stereocenters. The number of benzene rings is 1. The molecule has 4 nitrogen and oxygen atoms in total. The van der Waals surface area contributed by atoms with Crippen LogP contribution in [0.15, 0.2) is 34.8 Å². The largest absolute Gasteiger partial charge is 0.373 e. The maximum Gasteiger partial charge on any atom is 0.275 e. The highest BCUT2D eigenvalue weighted by molar-refractivity contribution is 9.10.